The van der Waals surface area contributed by atoms with Gasteiger partial charge in [-0.1, -0.05) is 36.4 Å². The third kappa shape index (κ3) is 4.05. The molecule has 5 nitrogen and oxygen atoms in total. The van der Waals surface area contributed by atoms with Crippen molar-refractivity contribution in [3.63, 3.8) is 0 Å². The van der Waals surface area contributed by atoms with Crippen LogP contribution in [0.15, 0.2) is 53.2 Å². The maximum Gasteiger partial charge on any atom is 0.260 e. The van der Waals surface area contributed by atoms with Crippen molar-refractivity contribution in [3.05, 3.63) is 64.5 Å². The second kappa shape index (κ2) is 8.33. The summed E-state index contributed by atoms with van der Waals surface area (Å²) >= 11 is 2.89. The quantitative estimate of drug-likeness (QED) is 0.610. The van der Waals surface area contributed by atoms with Crippen LogP contribution in [0, 0.1) is 0 Å². The van der Waals surface area contributed by atoms with E-state index >= 15 is 0 Å². The van der Waals surface area contributed by atoms with Gasteiger partial charge in [-0.3, -0.25) is 9.59 Å². The number of hydrogen-bond acceptors (Lipinski definition) is 5. The van der Waals surface area contributed by atoms with Crippen LogP contribution in [0.2, 0.25) is 0 Å². The van der Waals surface area contributed by atoms with E-state index in [2.05, 4.69) is 21.9 Å². The van der Waals surface area contributed by atoms with E-state index in [1.165, 1.54) is 23.1 Å². The molecule has 1 amide bonds. The lowest BCUT2D eigenvalue weighted by atomic mass is 10.1. The Morgan fingerprint density at radius 1 is 1.42 bits per heavy atom. The van der Waals surface area contributed by atoms with E-state index in [1.807, 2.05) is 42.6 Å². The molecule has 1 aromatic carbocycles. The molecule has 3 rings (SSSR count). The Morgan fingerprint density at radius 2 is 2.19 bits per heavy atom. The lowest BCUT2D eigenvalue weighted by molar-refractivity contribution is -0.120. The smallest absolute Gasteiger partial charge is 0.260 e. The van der Waals surface area contributed by atoms with Crippen LogP contribution in [0.4, 0.5) is 0 Å². The van der Waals surface area contributed by atoms with Crippen molar-refractivity contribution >= 4 is 39.2 Å². The van der Waals surface area contributed by atoms with E-state index < -0.39 is 0 Å². The van der Waals surface area contributed by atoms with E-state index in [0.717, 1.165) is 11.1 Å². The molecule has 0 saturated carbocycles. The molecular weight excluding hydrogens is 366 g/mol. The number of amides is 1. The van der Waals surface area contributed by atoms with Crippen molar-refractivity contribution in [1.82, 2.24) is 15.3 Å². The van der Waals surface area contributed by atoms with Gasteiger partial charge >= 0.3 is 0 Å². The molecule has 0 aliphatic rings. The lowest BCUT2D eigenvalue weighted by Crippen LogP contribution is -2.31. The van der Waals surface area contributed by atoms with Crippen LogP contribution in [-0.2, 0) is 10.5 Å². The van der Waals surface area contributed by atoms with Crippen LogP contribution in [0.5, 0.6) is 0 Å². The average Bonchev–Trinajstić information content (AvgIpc) is 3.09. The lowest BCUT2D eigenvalue weighted by Gasteiger charge is -2.10. The highest BCUT2D eigenvalue weighted by Gasteiger charge is 2.16. The van der Waals surface area contributed by atoms with Gasteiger partial charge < -0.3 is 10.3 Å². The molecule has 1 atom stereocenters. The minimum absolute atomic E-state index is 0.0548. The number of rotatable bonds is 7. The molecule has 3 aromatic rings. The van der Waals surface area contributed by atoms with Gasteiger partial charge in [0, 0.05) is 17.5 Å². The summed E-state index contributed by atoms with van der Waals surface area (Å²) in [7, 11) is 0. The normalized spacial score (nSPS) is 12.0. The number of carbonyl (C=O) groups excluding carboxylic acids is 1. The predicted molar refractivity (Wildman–Crippen MR) is 110 cm³/mol. The summed E-state index contributed by atoms with van der Waals surface area (Å²) in [6, 6.07) is 9.80. The molecule has 0 aliphatic heterocycles. The van der Waals surface area contributed by atoms with Crippen LogP contribution < -0.4 is 10.9 Å². The Hall–Kier alpha value is -2.38. The summed E-state index contributed by atoms with van der Waals surface area (Å²) in [5, 5.41) is 5.11. The fourth-order valence-electron chi connectivity index (χ4n) is 2.49. The highest BCUT2D eigenvalue weighted by Crippen LogP contribution is 2.30. The van der Waals surface area contributed by atoms with Gasteiger partial charge in [0.25, 0.3) is 5.56 Å². The van der Waals surface area contributed by atoms with Crippen LogP contribution >= 0.6 is 23.1 Å². The van der Waals surface area contributed by atoms with Gasteiger partial charge in [-0.25, -0.2) is 4.98 Å². The standard InChI is InChI=1S/C19H19N3O2S2/c1-3-9-20-17(23)12(2)25-11-15-21-18(24)16-14(10-26-19(16)22-15)13-7-5-4-6-8-13/h3-8,10,12H,1,9,11H2,2H3,(H,20,23)(H,21,22,24)/t12-/m1/s1. The van der Waals surface area contributed by atoms with E-state index in [1.54, 1.807) is 6.08 Å². The van der Waals surface area contributed by atoms with Gasteiger partial charge in [-0.05, 0) is 12.5 Å². The second-order valence-corrected chi connectivity index (χ2v) is 7.88. The van der Waals surface area contributed by atoms with Crippen molar-refractivity contribution in [3.8, 4) is 11.1 Å². The highest BCUT2D eigenvalue weighted by molar-refractivity contribution is 7.99. The fourth-order valence-corrected chi connectivity index (χ4v) is 4.23. The Balaban J connectivity index is 1.79. The van der Waals surface area contributed by atoms with Crippen molar-refractivity contribution < 1.29 is 4.79 Å². The number of aromatic amines is 1. The molecule has 0 fully saturated rings. The number of nitrogens with zero attached hydrogens (tertiary/aromatic N) is 1. The minimum Gasteiger partial charge on any atom is -0.352 e. The van der Waals surface area contributed by atoms with Crippen molar-refractivity contribution in [1.29, 1.82) is 0 Å². The third-order valence-electron chi connectivity index (χ3n) is 3.84. The number of benzene rings is 1. The molecule has 2 heterocycles. The molecule has 26 heavy (non-hydrogen) atoms. The fraction of sp³-hybridized carbons (Fsp3) is 0.211. The molecule has 0 saturated heterocycles. The molecule has 0 radical (unpaired) electrons. The third-order valence-corrected chi connectivity index (χ3v) is 5.86. The monoisotopic (exact) mass is 385 g/mol. The van der Waals surface area contributed by atoms with Gasteiger partial charge in [0.15, 0.2) is 0 Å². The van der Waals surface area contributed by atoms with Gasteiger partial charge in [0.2, 0.25) is 5.91 Å². The summed E-state index contributed by atoms with van der Waals surface area (Å²) in [6.45, 7) is 5.86. The first-order chi connectivity index (χ1) is 12.6. The van der Waals surface area contributed by atoms with Crippen LogP contribution in [0.1, 0.15) is 12.7 Å². The summed E-state index contributed by atoms with van der Waals surface area (Å²) in [5.74, 6) is 0.991. The number of aromatic nitrogens is 2. The van der Waals surface area contributed by atoms with Crippen molar-refractivity contribution in [2.45, 2.75) is 17.9 Å². The minimum atomic E-state index is -0.237. The number of thioether (sulfide) groups is 1. The van der Waals surface area contributed by atoms with Crippen molar-refractivity contribution in [2.75, 3.05) is 6.54 Å². The molecular formula is C19H19N3O2S2. The van der Waals surface area contributed by atoms with E-state index in [4.69, 9.17) is 0 Å². The summed E-state index contributed by atoms with van der Waals surface area (Å²) in [6.07, 6.45) is 1.64. The summed E-state index contributed by atoms with van der Waals surface area (Å²) in [4.78, 5) is 32.6. The van der Waals surface area contributed by atoms with Gasteiger partial charge in [-0.15, -0.1) is 29.7 Å². The van der Waals surface area contributed by atoms with Gasteiger partial charge in [-0.2, -0.15) is 0 Å². The van der Waals surface area contributed by atoms with E-state index in [9.17, 15) is 9.59 Å². The molecule has 134 valence electrons. The SMILES string of the molecule is C=CCNC(=O)[C@@H](C)SCc1nc2scc(-c3ccccc3)c2c(=O)[nH]1. The Kier molecular flexibility index (Phi) is 5.90. The van der Waals surface area contributed by atoms with Gasteiger partial charge in [0.1, 0.15) is 10.7 Å². The Morgan fingerprint density at radius 3 is 2.92 bits per heavy atom. The molecule has 2 aromatic heterocycles. The topological polar surface area (TPSA) is 74.8 Å². The average molecular weight is 386 g/mol. The zero-order valence-electron chi connectivity index (χ0n) is 14.3. The molecule has 7 heteroatoms. The van der Waals surface area contributed by atoms with Crippen LogP contribution in [-0.4, -0.2) is 27.7 Å². The summed E-state index contributed by atoms with van der Waals surface area (Å²) < 4.78 is 0. The number of carbonyl (C=O) groups is 1. The molecule has 0 spiro atoms. The maximum atomic E-state index is 12.6. The number of thiophene rings is 1. The maximum absolute atomic E-state index is 12.6. The van der Waals surface area contributed by atoms with E-state index in [-0.39, 0.29) is 16.7 Å². The first-order valence-corrected chi connectivity index (χ1v) is 10.1. The molecule has 0 unspecified atom stereocenters. The largest absolute Gasteiger partial charge is 0.352 e. The molecule has 0 aliphatic carbocycles. The zero-order valence-corrected chi connectivity index (χ0v) is 16.0. The van der Waals surface area contributed by atoms with Crippen molar-refractivity contribution in [2.24, 2.45) is 0 Å². The number of hydrogen-bond donors (Lipinski definition) is 2. The number of fused-ring (bicyclic) bond motifs is 1. The first kappa shape index (κ1) is 18.4. The Labute approximate surface area is 159 Å². The van der Waals surface area contributed by atoms with E-state index in [0.29, 0.717) is 28.3 Å². The number of nitrogens with one attached hydrogen (secondary N) is 2. The number of H-pyrrole nitrogens is 1. The zero-order chi connectivity index (χ0) is 18.5. The first-order valence-electron chi connectivity index (χ1n) is 8.16. The van der Waals surface area contributed by atoms with Crippen LogP contribution in [0.3, 0.4) is 0 Å². The van der Waals surface area contributed by atoms with Crippen LogP contribution in [0.25, 0.3) is 21.3 Å². The highest BCUT2D eigenvalue weighted by atomic mass is 32.2. The predicted octanol–water partition coefficient (Wildman–Crippen LogP) is 3.58. The Bertz CT molecular complexity index is 979. The van der Waals surface area contributed by atoms with Gasteiger partial charge in [0.05, 0.1) is 16.4 Å². The molecule has 2 N–H and O–H groups in total. The molecule has 0 bridgehead atoms. The summed E-state index contributed by atoms with van der Waals surface area (Å²) in [5.41, 5.74) is 1.76. The second-order valence-electron chi connectivity index (χ2n) is 5.70.